The van der Waals surface area contributed by atoms with E-state index in [2.05, 4.69) is 0 Å². The van der Waals surface area contributed by atoms with Gasteiger partial charge in [0.2, 0.25) is 0 Å². The first-order chi connectivity index (χ1) is 7.29. The van der Waals surface area contributed by atoms with Gasteiger partial charge >= 0.3 is 0 Å². The Hall–Kier alpha value is -1.62. The summed E-state index contributed by atoms with van der Waals surface area (Å²) in [6.07, 6.45) is 1.18. The number of nitro benzene ring substituents is 1. The lowest BCUT2D eigenvalue weighted by Gasteiger charge is -2.18. The average molecular weight is 224 g/mol. The molecule has 1 aromatic carbocycles. The normalized spacial score (nSPS) is 11.4. The van der Waals surface area contributed by atoms with Gasteiger partial charge in [-0.1, -0.05) is 0 Å². The van der Waals surface area contributed by atoms with Gasteiger partial charge in [0.05, 0.1) is 4.92 Å². The van der Waals surface area contributed by atoms with Gasteiger partial charge in [-0.2, -0.15) is 0 Å². The molecule has 0 aliphatic carbocycles. The molecule has 0 radical (unpaired) electrons. The Morgan fingerprint density at radius 3 is 2.62 bits per heavy atom. The summed E-state index contributed by atoms with van der Waals surface area (Å²) in [5.74, 6) is 0.0786. The van der Waals surface area contributed by atoms with Crippen molar-refractivity contribution < 1.29 is 10.0 Å². The van der Waals surface area contributed by atoms with Gasteiger partial charge in [0.25, 0.3) is 5.69 Å². The molecule has 0 fully saturated rings. The Labute approximate surface area is 94.0 Å². The van der Waals surface area contributed by atoms with E-state index in [9.17, 15) is 15.2 Å². The van der Waals surface area contributed by atoms with Gasteiger partial charge in [0, 0.05) is 23.2 Å². The Morgan fingerprint density at radius 1 is 1.50 bits per heavy atom. The predicted molar refractivity (Wildman–Crippen MR) is 61.3 cm³/mol. The maximum Gasteiger partial charge on any atom is 0.269 e. The molecular formula is C11H16N2O3. The van der Waals surface area contributed by atoms with Crippen LogP contribution in [0.1, 0.15) is 25.8 Å². The smallest absolute Gasteiger partial charge is 0.269 e. The third-order valence-electron chi connectivity index (χ3n) is 2.31. The monoisotopic (exact) mass is 224 g/mol. The van der Waals surface area contributed by atoms with Gasteiger partial charge < -0.3 is 10.8 Å². The second-order valence-electron chi connectivity index (χ2n) is 4.56. The summed E-state index contributed by atoms with van der Waals surface area (Å²) in [5.41, 5.74) is 6.02. The molecule has 1 aromatic rings. The zero-order valence-corrected chi connectivity index (χ0v) is 9.43. The number of benzene rings is 1. The van der Waals surface area contributed by atoms with Gasteiger partial charge in [-0.3, -0.25) is 10.1 Å². The average Bonchev–Trinajstić information content (AvgIpc) is 2.14. The summed E-state index contributed by atoms with van der Waals surface area (Å²) in [7, 11) is 0. The molecule has 5 heteroatoms. The number of hydrogen-bond donors (Lipinski definition) is 2. The summed E-state index contributed by atoms with van der Waals surface area (Å²) in [6.45, 7) is 3.75. The number of hydrogen-bond acceptors (Lipinski definition) is 4. The minimum absolute atomic E-state index is 0.0115. The number of nitrogens with zero attached hydrogens (tertiary/aromatic N) is 1. The van der Waals surface area contributed by atoms with E-state index >= 15 is 0 Å². The second-order valence-corrected chi connectivity index (χ2v) is 4.56. The van der Waals surface area contributed by atoms with Gasteiger partial charge in [-0.15, -0.1) is 0 Å². The number of phenolic OH excluding ortho intramolecular Hbond substituents is 1. The fourth-order valence-electron chi connectivity index (χ4n) is 1.34. The molecule has 0 saturated carbocycles. The molecule has 1 rings (SSSR count). The van der Waals surface area contributed by atoms with Gasteiger partial charge in [-0.05, 0) is 32.8 Å². The minimum Gasteiger partial charge on any atom is -0.508 e. The molecule has 0 bridgehead atoms. The molecule has 0 aliphatic heterocycles. The SMILES string of the molecule is CC(C)(N)CCc1cc([N+](=O)[O-])ccc1O. The van der Waals surface area contributed by atoms with Crippen molar-refractivity contribution in [2.75, 3.05) is 0 Å². The van der Waals surface area contributed by atoms with Crippen LogP contribution in [0.15, 0.2) is 18.2 Å². The first-order valence-electron chi connectivity index (χ1n) is 5.05. The molecule has 0 saturated heterocycles. The number of phenols is 1. The van der Waals surface area contributed by atoms with E-state index in [-0.39, 0.29) is 17.0 Å². The molecule has 0 heterocycles. The lowest BCUT2D eigenvalue weighted by atomic mass is 9.96. The fourth-order valence-corrected chi connectivity index (χ4v) is 1.34. The molecular weight excluding hydrogens is 208 g/mol. The molecule has 3 N–H and O–H groups in total. The van der Waals surface area contributed by atoms with E-state index in [1.807, 2.05) is 13.8 Å². The Morgan fingerprint density at radius 2 is 2.12 bits per heavy atom. The van der Waals surface area contributed by atoms with E-state index in [0.717, 1.165) is 0 Å². The first kappa shape index (κ1) is 12.4. The number of non-ortho nitro benzene ring substituents is 1. The molecule has 0 unspecified atom stereocenters. The quantitative estimate of drug-likeness (QED) is 0.604. The van der Waals surface area contributed by atoms with Crippen LogP contribution in [-0.4, -0.2) is 15.6 Å². The van der Waals surface area contributed by atoms with Crippen LogP contribution >= 0.6 is 0 Å². The lowest BCUT2D eigenvalue weighted by molar-refractivity contribution is -0.384. The summed E-state index contributed by atoms with van der Waals surface area (Å²) < 4.78 is 0. The maximum atomic E-state index is 10.6. The van der Waals surface area contributed by atoms with Crippen LogP contribution in [0.25, 0.3) is 0 Å². The van der Waals surface area contributed by atoms with Crippen LogP contribution in [0.5, 0.6) is 5.75 Å². The largest absolute Gasteiger partial charge is 0.508 e. The standard InChI is InChI=1S/C11H16N2O3/c1-11(2,12)6-5-8-7-9(13(15)16)3-4-10(8)14/h3-4,7,14H,5-6,12H2,1-2H3. The molecule has 0 spiro atoms. The molecule has 0 atom stereocenters. The predicted octanol–water partition coefficient (Wildman–Crippen LogP) is 1.97. The number of aromatic hydroxyl groups is 1. The van der Waals surface area contributed by atoms with Crippen LogP contribution in [0.3, 0.4) is 0 Å². The van der Waals surface area contributed by atoms with Gasteiger partial charge in [0.1, 0.15) is 5.75 Å². The van der Waals surface area contributed by atoms with Crippen LogP contribution in [0.4, 0.5) is 5.69 Å². The molecule has 16 heavy (non-hydrogen) atoms. The van der Waals surface area contributed by atoms with E-state index < -0.39 is 4.92 Å². The van der Waals surface area contributed by atoms with Crippen molar-refractivity contribution in [3.05, 3.63) is 33.9 Å². The number of aryl methyl sites for hydroxylation is 1. The third kappa shape index (κ3) is 3.51. The topological polar surface area (TPSA) is 89.4 Å². The van der Waals surface area contributed by atoms with Crippen LogP contribution in [0.2, 0.25) is 0 Å². The van der Waals surface area contributed by atoms with Crippen molar-refractivity contribution in [3.63, 3.8) is 0 Å². The van der Waals surface area contributed by atoms with Crippen molar-refractivity contribution in [2.45, 2.75) is 32.2 Å². The van der Waals surface area contributed by atoms with Gasteiger partial charge in [-0.25, -0.2) is 0 Å². The summed E-state index contributed by atoms with van der Waals surface area (Å²) in [6, 6.07) is 4.02. The van der Waals surface area contributed by atoms with Crippen LogP contribution in [-0.2, 0) is 6.42 Å². The second kappa shape index (κ2) is 4.49. The molecule has 5 nitrogen and oxygen atoms in total. The fraction of sp³-hybridized carbons (Fsp3) is 0.455. The first-order valence-corrected chi connectivity index (χ1v) is 5.05. The Bertz CT molecular complexity index is 397. The van der Waals surface area contributed by atoms with Crippen molar-refractivity contribution in [1.29, 1.82) is 0 Å². The zero-order valence-electron chi connectivity index (χ0n) is 9.43. The van der Waals surface area contributed by atoms with Crippen molar-refractivity contribution in [3.8, 4) is 5.75 Å². The van der Waals surface area contributed by atoms with Crippen molar-refractivity contribution in [1.82, 2.24) is 0 Å². The maximum absolute atomic E-state index is 10.6. The third-order valence-corrected chi connectivity index (χ3v) is 2.31. The van der Waals surface area contributed by atoms with E-state index in [1.54, 1.807) is 0 Å². The van der Waals surface area contributed by atoms with Crippen LogP contribution in [0, 0.1) is 10.1 Å². The van der Waals surface area contributed by atoms with E-state index in [1.165, 1.54) is 18.2 Å². The number of nitro groups is 1. The summed E-state index contributed by atoms with van der Waals surface area (Å²) >= 11 is 0. The molecule has 0 aliphatic rings. The molecule has 0 amide bonds. The van der Waals surface area contributed by atoms with Crippen molar-refractivity contribution in [2.24, 2.45) is 5.73 Å². The number of rotatable bonds is 4. The summed E-state index contributed by atoms with van der Waals surface area (Å²) in [5, 5.41) is 20.1. The highest BCUT2D eigenvalue weighted by atomic mass is 16.6. The van der Waals surface area contributed by atoms with E-state index in [4.69, 9.17) is 5.73 Å². The highest BCUT2D eigenvalue weighted by Gasteiger charge is 2.14. The highest BCUT2D eigenvalue weighted by molar-refractivity contribution is 5.43. The van der Waals surface area contributed by atoms with Crippen LogP contribution < -0.4 is 5.73 Å². The van der Waals surface area contributed by atoms with Crippen molar-refractivity contribution >= 4 is 5.69 Å². The highest BCUT2D eigenvalue weighted by Crippen LogP contribution is 2.25. The minimum atomic E-state index is -0.476. The Kier molecular flexibility index (Phi) is 3.49. The Balaban J connectivity index is 2.86. The number of nitrogens with two attached hydrogens (primary N) is 1. The van der Waals surface area contributed by atoms with E-state index in [0.29, 0.717) is 18.4 Å². The molecule has 88 valence electrons. The lowest BCUT2D eigenvalue weighted by Crippen LogP contribution is -2.32. The zero-order chi connectivity index (χ0) is 12.3. The summed E-state index contributed by atoms with van der Waals surface area (Å²) in [4.78, 5) is 10.1. The van der Waals surface area contributed by atoms with Gasteiger partial charge in [0.15, 0.2) is 0 Å². The molecule has 0 aromatic heterocycles.